The van der Waals surface area contributed by atoms with Crippen molar-refractivity contribution in [1.29, 1.82) is 0 Å². The summed E-state index contributed by atoms with van der Waals surface area (Å²) >= 11 is 0. The Balaban J connectivity index is 1.92. The molecule has 3 atom stereocenters. The fourth-order valence-electron chi connectivity index (χ4n) is 2.52. The Morgan fingerprint density at radius 2 is 1.82 bits per heavy atom. The first kappa shape index (κ1) is 12.6. The molecule has 2 N–H and O–H groups in total. The van der Waals surface area contributed by atoms with Crippen LogP contribution in [0.5, 0.6) is 0 Å². The van der Waals surface area contributed by atoms with Gasteiger partial charge in [0.05, 0.1) is 12.2 Å². The van der Waals surface area contributed by atoms with Crippen LogP contribution in [0, 0.1) is 0 Å². The molecule has 1 aromatic carbocycles. The minimum absolute atomic E-state index is 0.0914. The van der Waals surface area contributed by atoms with Crippen molar-refractivity contribution >= 4 is 0 Å². The summed E-state index contributed by atoms with van der Waals surface area (Å²) in [5, 5.41) is 0. The second kappa shape index (κ2) is 5.63. The smallest absolute Gasteiger partial charge is 0.0678 e. The highest BCUT2D eigenvalue weighted by Crippen LogP contribution is 2.15. The molecule has 17 heavy (non-hydrogen) atoms. The third kappa shape index (κ3) is 3.53. The van der Waals surface area contributed by atoms with Crippen LogP contribution < -0.4 is 5.73 Å². The van der Waals surface area contributed by atoms with Gasteiger partial charge in [-0.3, -0.25) is 4.90 Å². The van der Waals surface area contributed by atoms with Gasteiger partial charge in [-0.1, -0.05) is 30.3 Å². The van der Waals surface area contributed by atoms with Crippen molar-refractivity contribution < 1.29 is 4.74 Å². The summed E-state index contributed by atoms with van der Waals surface area (Å²) in [6.07, 6.45) is 0.614. The molecule has 3 nitrogen and oxygen atoms in total. The van der Waals surface area contributed by atoms with Gasteiger partial charge in [0.25, 0.3) is 0 Å². The van der Waals surface area contributed by atoms with Crippen LogP contribution in [0.2, 0.25) is 0 Å². The molecule has 0 saturated carbocycles. The summed E-state index contributed by atoms with van der Waals surface area (Å²) in [4.78, 5) is 2.40. The fourth-order valence-corrected chi connectivity index (χ4v) is 2.52. The molecule has 0 unspecified atom stereocenters. The molecule has 0 radical (unpaired) electrons. The highest BCUT2D eigenvalue weighted by atomic mass is 16.5. The molecule has 1 aliphatic heterocycles. The molecule has 1 aliphatic rings. The average Bonchev–Trinajstić information content (AvgIpc) is 2.28. The first-order chi connectivity index (χ1) is 8.15. The summed E-state index contributed by atoms with van der Waals surface area (Å²) in [5.74, 6) is 0. The van der Waals surface area contributed by atoms with Crippen molar-refractivity contribution in [2.24, 2.45) is 5.73 Å². The third-order valence-corrected chi connectivity index (χ3v) is 3.18. The lowest BCUT2D eigenvalue weighted by molar-refractivity contribution is -0.0691. The van der Waals surface area contributed by atoms with Crippen molar-refractivity contribution in [2.45, 2.75) is 32.1 Å². The minimum Gasteiger partial charge on any atom is -0.373 e. The lowest BCUT2D eigenvalue weighted by atomic mass is 10.1. The van der Waals surface area contributed by atoms with E-state index < -0.39 is 0 Å². The van der Waals surface area contributed by atoms with E-state index in [4.69, 9.17) is 10.5 Å². The van der Waals surface area contributed by atoms with Crippen molar-refractivity contribution in [1.82, 2.24) is 4.90 Å². The molecule has 3 heteroatoms. The van der Waals surface area contributed by atoms with Gasteiger partial charge in [-0.25, -0.2) is 0 Å². The van der Waals surface area contributed by atoms with E-state index in [1.807, 2.05) is 18.2 Å². The minimum atomic E-state index is 0.0914. The van der Waals surface area contributed by atoms with Crippen LogP contribution in [0.3, 0.4) is 0 Å². The Hall–Kier alpha value is -0.900. The summed E-state index contributed by atoms with van der Waals surface area (Å²) in [5.41, 5.74) is 7.44. The van der Waals surface area contributed by atoms with Gasteiger partial charge in [0, 0.05) is 25.7 Å². The zero-order chi connectivity index (χ0) is 12.3. The quantitative estimate of drug-likeness (QED) is 0.866. The zero-order valence-electron chi connectivity index (χ0n) is 10.7. The molecule has 0 aliphatic carbocycles. The first-order valence-corrected chi connectivity index (χ1v) is 6.33. The molecule has 1 fully saturated rings. The number of hydrogen-bond acceptors (Lipinski definition) is 3. The van der Waals surface area contributed by atoms with Crippen LogP contribution in [0.15, 0.2) is 30.3 Å². The molecule has 1 saturated heterocycles. The Bertz CT molecular complexity index is 331. The Labute approximate surface area is 104 Å². The standard InChI is InChI=1S/C14H22N2O/c1-11-8-16(9-12(2)17-11)10-14(15)13-6-4-3-5-7-13/h3-7,11-12,14H,8-10,15H2,1-2H3/t11-,12+,14-/m0/s1. The highest BCUT2D eigenvalue weighted by molar-refractivity contribution is 5.18. The van der Waals surface area contributed by atoms with E-state index in [1.54, 1.807) is 0 Å². The van der Waals surface area contributed by atoms with Gasteiger partial charge in [-0.05, 0) is 19.4 Å². The van der Waals surface area contributed by atoms with Crippen LogP contribution >= 0.6 is 0 Å². The molecule has 0 aromatic heterocycles. The number of rotatable bonds is 3. The second-order valence-electron chi connectivity index (χ2n) is 4.99. The molecule has 0 spiro atoms. The lowest BCUT2D eigenvalue weighted by Crippen LogP contribution is -2.47. The lowest BCUT2D eigenvalue weighted by Gasteiger charge is -2.36. The Morgan fingerprint density at radius 3 is 2.41 bits per heavy atom. The normalized spacial score (nSPS) is 27.9. The van der Waals surface area contributed by atoms with Crippen LogP contribution in [0.1, 0.15) is 25.5 Å². The van der Waals surface area contributed by atoms with E-state index in [0.717, 1.165) is 19.6 Å². The van der Waals surface area contributed by atoms with Crippen molar-refractivity contribution in [2.75, 3.05) is 19.6 Å². The number of nitrogens with zero attached hydrogens (tertiary/aromatic N) is 1. The number of nitrogens with two attached hydrogens (primary N) is 1. The van der Waals surface area contributed by atoms with Gasteiger partial charge in [0.2, 0.25) is 0 Å². The van der Waals surface area contributed by atoms with E-state index in [1.165, 1.54) is 5.56 Å². The van der Waals surface area contributed by atoms with Gasteiger partial charge in [0.1, 0.15) is 0 Å². The molecular weight excluding hydrogens is 212 g/mol. The maximum absolute atomic E-state index is 6.23. The maximum Gasteiger partial charge on any atom is 0.0678 e. The molecule has 1 heterocycles. The number of benzene rings is 1. The van der Waals surface area contributed by atoms with Crippen molar-refractivity contribution in [3.05, 3.63) is 35.9 Å². The fraction of sp³-hybridized carbons (Fsp3) is 0.571. The molecule has 1 aromatic rings. The average molecular weight is 234 g/mol. The third-order valence-electron chi connectivity index (χ3n) is 3.18. The summed E-state index contributed by atoms with van der Waals surface area (Å²) in [6.45, 7) is 7.10. The number of ether oxygens (including phenoxy) is 1. The van der Waals surface area contributed by atoms with Gasteiger partial charge < -0.3 is 10.5 Å². The summed E-state index contributed by atoms with van der Waals surface area (Å²) in [7, 11) is 0. The summed E-state index contributed by atoms with van der Waals surface area (Å²) < 4.78 is 5.72. The molecular formula is C14H22N2O. The SMILES string of the molecule is C[C@@H]1CN(C[C@H](N)c2ccccc2)C[C@H](C)O1. The molecule has 94 valence electrons. The van der Waals surface area contributed by atoms with E-state index in [2.05, 4.69) is 30.9 Å². The van der Waals surface area contributed by atoms with Crippen LogP contribution in [-0.2, 0) is 4.74 Å². The first-order valence-electron chi connectivity index (χ1n) is 6.33. The van der Waals surface area contributed by atoms with Crippen molar-refractivity contribution in [3.8, 4) is 0 Å². The zero-order valence-corrected chi connectivity index (χ0v) is 10.7. The topological polar surface area (TPSA) is 38.5 Å². The Kier molecular flexibility index (Phi) is 4.15. The van der Waals surface area contributed by atoms with E-state index in [9.17, 15) is 0 Å². The van der Waals surface area contributed by atoms with Crippen LogP contribution in [0.25, 0.3) is 0 Å². The number of morpholine rings is 1. The summed E-state index contributed by atoms with van der Waals surface area (Å²) in [6, 6.07) is 10.4. The Morgan fingerprint density at radius 1 is 1.24 bits per heavy atom. The monoisotopic (exact) mass is 234 g/mol. The number of hydrogen-bond donors (Lipinski definition) is 1. The van der Waals surface area contributed by atoms with E-state index in [0.29, 0.717) is 12.2 Å². The van der Waals surface area contributed by atoms with Gasteiger partial charge in [-0.2, -0.15) is 0 Å². The van der Waals surface area contributed by atoms with Gasteiger partial charge >= 0.3 is 0 Å². The van der Waals surface area contributed by atoms with Crippen LogP contribution in [-0.4, -0.2) is 36.7 Å². The van der Waals surface area contributed by atoms with Crippen molar-refractivity contribution in [3.63, 3.8) is 0 Å². The predicted octanol–water partition coefficient (Wildman–Crippen LogP) is 1.80. The molecule has 0 bridgehead atoms. The molecule has 0 amide bonds. The highest BCUT2D eigenvalue weighted by Gasteiger charge is 2.23. The molecule has 2 rings (SSSR count). The van der Waals surface area contributed by atoms with Gasteiger partial charge in [0.15, 0.2) is 0 Å². The largest absolute Gasteiger partial charge is 0.373 e. The van der Waals surface area contributed by atoms with Crippen LogP contribution in [0.4, 0.5) is 0 Å². The van der Waals surface area contributed by atoms with Gasteiger partial charge in [-0.15, -0.1) is 0 Å². The van der Waals surface area contributed by atoms with E-state index >= 15 is 0 Å². The predicted molar refractivity (Wildman–Crippen MR) is 69.8 cm³/mol. The maximum atomic E-state index is 6.23. The second-order valence-corrected chi connectivity index (χ2v) is 4.99. The van der Waals surface area contributed by atoms with E-state index in [-0.39, 0.29) is 6.04 Å².